The Morgan fingerprint density at radius 3 is 1.95 bits per heavy atom. The summed E-state index contributed by atoms with van der Waals surface area (Å²) in [5.41, 5.74) is 8.91. The van der Waals surface area contributed by atoms with Crippen molar-refractivity contribution in [2.75, 3.05) is 19.6 Å². The molecule has 0 unspecified atom stereocenters. The predicted octanol–water partition coefficient (Wildman–Crippen LogP) is 1.18. The highest BCUT2D eigenvalue weighted by atomic mass is 16.3. The molecule has 4 aromatic rings. The lowest BCUT2D eigenvalue weighted by Gasteiger charge is -2.30. The first kappa shape index (κ1) is 43.7. The number of nitrogens with two attached hydrogens (primary N) is 1. The van der Waals surface area contributed by atoms with Gasteiger partial charge in [-0.05, 0) is 74.8 Å². The van der Waals surface area contributed by atoms with Gasteiger partial charge in [-0.2, -0.15) is 0 Å². The quantitative estimate of drug-likeness (QED) is 0.102. The third-order valence-electron chi connectivity index (χ3n) is 11.3. The van der Waals surface area contributed by atoms with Crippen LogP contribution in [0.5, 0.6) is 0 Å². The average Bonchev–Trinajstić information content (AvgIpc) is 3.91. The fraction of sp³-hybridized carbons (Fsp3) is 0.422. The number of H-pyrrole nitrogens is 1. The van der Waals surface area contributed by atoms with Crippen LogP contribution in [0, 0.1) is 0 Å². The number of carbonyl (C=O) groups excluding carboxylic acids is 6. The first-order valence-electron chi connectivity index (χ1n) is 20.8. The summed E-state index contributed by atoms with van der Waals surface area (Å²) >= 11 is 0. The molecule has 15 heteroatoms. The van der Waals surface area contributed by atoms with Crippen molar-refractivity contribution in [3.63, 3.8) is 0 Å². The van der Waals surface area contributed by atoms with Crippen molar-refractivity contribution >= 4 is 46.2 Å². The molecule has 0 aliphatic carbocycles. The van der Waals surface area contributed by atoms with E-state index in [0.29, 0.717) is 32.2 Å². The number of fused-ring (bicyclic) bond motifs is 2. The number of ketones is 1. The van der Waals surface area contributed by atoms with Gasteiger partial charge >= 0.3 is 0 Å². The Hall–Kier alpha value is -5.90. The fourth-order valence-electron chi connectivity index (χ4n) is 8.02. The van der Waals surface area contributed by atoms with E-state index in [2.05, 4.69) is 31.6 Å². The number of Topliss-reactive ketones (excluding diaryl/α,β-unsaturated/α-hetero) is 1. The van der Waals surface area contributed by atoms with Crippen LogP contribution < -0.4 is 32.3 Å². The van der Waals surface area contributed by atoms with E-state index in [4.69, 9.17) is 5.73 Å². The fourth-order valence-corrected chi connectivity index (χ4v) is 8.02. The molecule has 1 aromatic heterocycles. The minimum Gasteiger partial charge on any atom is -0.391 e. The van der Waals surface area contributed by atoms with Gasteiger partial charge in [0.05, 0.1) is 18.7 Å². The van der Waals surface area contributed by atoms with Gasteiger partial charge in [-0.15, -0.1) is 0 Å². The molecular weight excluding hydrogens is 765 g/mol. The smallest absolute Gasteiger partial charge is 0.243 e. The Bertz CT molecular complexity index is 2110. The lowest BCUT2D eigenvalue weighted by atomic mass is 10.0. The zero-order chi connectivity index (χ0) is 42.6. The van der Waals surface area contributed by atoms with Crippen LogP contribution in [0.2, 0.25) is 0 Å². The molecule has 0 saturated carbocycles. The second-order valence-corrected chi connectivity index (χ2v) is 15.7. The molecule has 9 N–H and O–H groups in total. The summed E-state index contributed by atoms with van der Waals surface area (Å²) in [4.78, 5) is 90.2. The summed E-state index contributed by atoms with van der Waals surface area (Å²) in [6.45, 7) is 1.60. The summed E-state index contributed by atoms with van der Waals surface area (Å²) in [6.07, 6.45) is 2.77. The summed E-state index contributed by atoms with van der Waals surface area (Å²) in [6, 6.07) is 19.1. The lowest BCUT2D eigenvalue weighted by Crippen LogP contribution is -2.60. The number of aliphatic hydroxyl groups is 1. The van der Waals surface area contributed by atoms with E-state index in [9.17, 15) is 33.9 Å². The van der Waals surface area contributed by atoms with Crippen LogP contribution >= 0.6 is 0 Å². The molecule has 0 bridgehead atoms. The van der Waals surface area contributed by atoms with Crippen molar-refractivity contribution in [1.82, 2.24) is 36.5 Å². The number of carbonyl (C=O) groups is 6. The molecular formula is C45H56N8O7. The molecule has 2 fully saturated rings. The Morgan fingerprint density at radius 2 is 1.28 bits per heavy atom. The van der Waals surface area contributed by atoms with Gasteiger partial charge in [0, 0.05) is 36.5 Å². The summed E-state index contributed by atoms with van der Waals surface area (Å²) < 4.78 is 0. The number of nitrogens with one attached hydrogen (secondary N) is 6. The zero-order valence-corrected chi connectivity index (χ0v) is 33.9. The first-order valence-corrected chi connectivity index (χ1v) is 20.8. The molecule has 318 valence electrons. The van der Waals surface area contributed by atoms with Crippen LogP contribution in [0.25, 0.3) is 10.9 Å². The van der Waals surface area contributed by atoms with E-state index in [-0.39, 0.29) is 32.2 Å². The predicted molar refractivity (Wildman–Crippen MR) is 226 cm³/mol. The van der Waals surface area contributed by atoms with Crippen molar-refractivity contribution in [3.05, 3.63) is 108 Å². The largest absolute Gasteiger partial charge is 0.391 e. The summed E-state index contributed by atoms with van der Waals surface area (Å²) in [5.74, 6) is -3.52. The maximum Gasteiger partial charge on any atom is 0.243 e. The van der Waals surface area contributed by atoms with Crippen LogP contribution in [0.15, 0.2) is 91.1 Å². The lowest BCUT2D eigenvalue weighted by molar-refractivity contribution is -0.141. The van der Waals surface area contributed by atoms with Gasteiger partial charge in [0.15, 0.2) is 5.78 Å². The Balaban J connectivity index is 1.39. The van der Waals surface area contributed by atoms with E-state index < -0.39 is 84.2 Å². The highest BCUT2D eigenvalue weighted by Crippen LogP contribution is 2.22. The SMILES string of the molecule is C[C@@H](O)[C@@H]1NC(=O)[C@H](CCCCN)NC(=O)[C@@H](Cc2c[nH]c3ccccc23)NC(=O)[C@@H](Cc2ccccc2)NC(=O)[C@H]2CCCN2C(=O)[C@H](Cc2ccccc2)NCC1=O. The molecule has 5 amide bonds. The monoisotopic (exact) mass is 820 g/mol. The number of para-hydroxylation sites is 1. The Morgan fingerprint density at radius 1 is 0.700 bits per heavy atom. The number of aliphatic hydroxyl groups excluding tert-OH is 1. The standard InChI is InChI=1S/C45H56N8O7/c1-28(54)40-39(55)27-48-37(24-30-15-6-3-7-16-30)45(60)53-22-12-20-38(53)44(59)51-35(23-29-13-4-2-5-14-29)42(57)50-36(25-31-26-47-33-18-9-8-17-32(31)33)43(58)49-34(41(56)52-40)19-10-11-21-46/h2-9,13-18,26,28,34-38,40,47-48,54H,10-12,19-25,27,46H2,1H3,(H,49,58)(H,50,57)(H,51,59)(H,52,56)/t28-,34+,35-,36-,37+,38-,40+/m1/s1. The van der Waals surface area contributed by atoms with Crippen molar-refractivity contribution < 1.29 is 33.9 Å². The third kappa shape index (κ3) is 11.2. The highest BCUT2D eigenvalue weighted by Gasteiger charge is 2.40. The van der Waals surface area contributed by atoms with Gasteiger partial charge in [0.25, 0.3) is 0 Å². The minimum absolute atomic E-state index is 0.0267. The number of hydrogen-bond acceptors (Lipinski definition) is 9. The van der Waals surface area contributed by atoms with Crippen LogP contribution in [-0.2, 0) is 48.0 Å². The van der Waals surface area contributed by atoms with Crippen LogP contribution in [0.1, 0.15) is 55.7 Å². The second kappa shape index (κ2) is 20.9. The Kier molecular flexibility index (Phi) is 15.2. The van der Waals surface area contributed by atoms with E-state index in [1.165, 1.54) is 11.8 Å². The van der Waals surface area contributed by atoms with Gasteiger partial charge < -0.3 is 42.0 Å². The van der Waals surface area contributed by atoms with Crippen LogP contribution in [0.4, 0.5) is 0 Å². The molecule has 6 rings (SSSR count). The van der Waals surface area contributed by atoms with Gasteiger partial charge in [0.1, 0.15) is 30.2 Å². The van der Waals surface area contributed by atoms with E-state index >= 15 is 0 Å². The van der Waals surface area contributed by atoms with E-state index in [1.54, 1.807) is 6.20 Å². The number of rotatable bonds is 11. The Labute approximate surface area is 349 Å². The first-order chi connectivity index (χ1) is 29.0. The van der Waals surface area contributed by atoms with Gasteiger partial charge in [-0.1, -0.05) is 78.9 Å². The number of nitrogens with zero attached hydrogens (tertiary/aromatic N) is 1. The molecule has 2 aliphatic rings. The maximum absolute atomic E-state index is 14.5. The molecule has 2 aliphatic heterocycles. The number of benzene rings is 3. The molecule has 7 atom stereocenters. The van der Waals surface area contributed by atoms with Crippen LogP contribution in [-0.4, -0.2) is 112 Å². The van der Waals surface area contributed by atoms with Crippen molar-refractivity contribution in [3.8, 4) is 0 Å². The normalized spacial score (nSPS) is 24.4. The average molecular weight is 821 g/mol. The molecule has 0 radical (unpaired) electrons. The zero-order valence-electron chi connectivity index (χ0n) is 33.9. The van der Waals surface area contributed by atoms with Crippen molar-refractivity contribution in [2.24, 2.45) is 5.73 Å². The van der Waals surface area contributed by atoms with Gasteiger partial charge in [-0.3, -0.25) is 34.1 Å². The van der Waals surface area contributed by atoms with Crippen molar-refractivity contribution in [1.29, 1.82) is 0 Å². The summed E-state index contributed by atoms with van der Waals surface area (Å²) in [5, 5.41) is 26.0. The summed E-state index contributed by atoms with van der Waals surface area (Å²) in [7, 11) is 0. The number of amides is 5. The molecule has 2 saturated heterocycles. The van der Waals surface area contributed by atoms with E-state index in [0.717, 1.165) is 27.6 Å². The minimum atomic E-state index is -1.39. The molecule has 60 heavy (non-hydrogen) atoms. The number of unbranched alkanes of at least 4 members (excludes halogenated alkanes) is 1. The maximum atomic E-state index is 14.5. The van der Waals surface area contributed by atoms with E-state index in [1.807, 2.05) is 84.9 Å². The van der Waals surface area contributed by atoms with Crippen LogP contribution in [0.3, 0.4) is 0 Å². The molecule has 3 aromatic carbocycles. The second-order valence-electron chi connectivity index (χ2n) is 15.7. The van der Waals surface area contributed by atoms with Crippen molar-refractivity contribution in [2.45, 2.75) is 101 Å². The third-order valence-corrected chi connectivity index (χ3v) is 11.3. The topological polar surface area (TPSA) is 228 Å². The molecule has 3 heterocycles. The molecule has 15 nitrogen and oxygen atoms in total. The van der Waals surface area contributed by atoms with Gasteiger partial charge in [-0.25, -0.2) is 0 Å². The van der Waals surface area contributed by atoms with Gasteiger partial charge in [0.2, 0.25) is 29.5 Å². The number of aromatic nitrogens is 1. The highest BCUT2D eigenvalue weighted by molar-refractivity contribution is 5.98. The number of hydrogen-bond donors (Lipinski definition) is 8. The number of aromatic amines is 1. The molecule has 0 spiro atoms.